The number of ether oxygens (including phenoxy) is 5. The van der Waals surface area contributed by atoms with E-state index in [1.165, 1.54) is 7.11 Å². The number of aromatic nitrogens is 2. The number of para-hydroxylation sites is 4. The molecule has 4 heterocycles. The normalized spacial score (nSPS) is 25.7. The van der Waals surface area contributed by atoms with Crippen LogP contribution in [0.2, 0.25) is 0 Å². The molecule has 1 saturated heterocycles. The van der Waals surface area contributed by atoms with Gasteiger partial charge < -0.3 is 37.6 Å². The van der Waals surface area contributed by atoms with Crippen molar-refractivity contribution in [2.75, 3.05) is 13.7 Å². The molecule has 1 N–H and O–H groups in total. The minimum Gasteiger partial charge on any atom is -0.454 e. The third kappa shape index (κ3) is 7.55. The molecule has 0 unspecified atom stereocenters. The van der Waals surface area contributed by atoms with E-state index >= 15 is 0 Å². The first kappa shape index (κ1) is 34.1. The second kappa shape index (κ2) is 15.3. The van der Waals surface area contributed by atoms with Gasteiger partial charge in [-0.1, -0.05) is 54.6 Å². The summed E-state index contributed by atoms with van der Waals surface area (Å²) < 4.78 is 41.5. The van der Waals surface area contributed by atoms with E-state index in [1.54, 1.807) is 54.6 Å². The lowest BCUT2D eigenvalue weighted by Gasteiger charge is -2.44. The number of esters is 3. The van der Waals surface area contributed by atoms with Gasteiger partial charge in [-0.05, 0) is 49.2 Å². The van der Waals surface area contributed by atoms with Gasteiger partial charge in [0.25, 0.3) is 0 Å². The Hall–Kier alpha value is -5.37. The Balaban J connectivity index is 1.24. The first-order chi connectivity index (χ1) is 24.9. The Morgan fingerprint density at radius 3 is 1.82 bits per heavy atom. The summed E-state index contributed by atoms with van der Waals surface area (Å²) in [6.07, 6.45) is -2.51. The number of hydrogen-bond acceptors (Lipinski definition) is 13. The second-order valence-corrected chi connectivity index (χ2v) is 12.4. The molecular weight excluding hydrogens is 660 g/mol. The van der Waals surface area contributed by atoms with Crippen LogP contribution in [0.15, 0.2) is 99.8 Å². The van der Waals surface area contributed by atoms with Crippen LogP contribution in [-0.2, 0) is 46.1 Å². The minimum absolute atomic E-state index is 0.0868. The third-order valence-electron chi connectivity index (χ3n) is 8.95. The number of aliphatic hydroxyl groups excluding tert-OH is 1. The Bertz CT molecular complexity index is 1960. The lowest BCUT2D eigenvalue weighted by atomic mass is 9.95. The number of oxazole rings is 2. The molecule has 7 atom stereocenters. The molecule has 0 aliphatic carbocycles. The molecule has 0 amide bonds. The van der Waals surface area contributed by atoms with Gasteiger partial charge >= 0.3 is 17.9 Å². The van der Waals surface area contributed by atoms with Gasteiger partial charge in [-0.25, -0.2) is 14.8 Å². The topological polar surface area (TPSA) is 170 Å². The number of methoxy groups -OCH3 is 1. The Labute approximate surface area is 292 Å². The Kier molecular flexibility index (Phi) is 10.2. The van der Waals surface area contributed by atoms with Crippen molar-refractivity contribution in [2.24, 2.45) is 11.8 Å². The highest BCUT2D eigenvalue weighted by atomic mass is 16.7. The Morgan fingerprint density at radius 1 is 0.765 bits per heavy atom. The number of hydrogen-bond donors (Lipinski definition) is 1. The summed E-state index contributed by atoms with van der Waals surface area (Å²) in [6.45, 7) is -0.628. The molecule has 0 spiro atoms. The van der Waals surface area contributed by atoms with Crippen molar-refractivity contribution in [1.82, 2.24) is 9.97 Å². The lowest BCUT2D eigenvalue weighted by molar-refractivity contribution is -0.301. The summed E-state index contributed by atoms with van der Waals surface area (Å²) in [7, 11) is 1.33. The van der Waals surface area contributed by atoms with Gasteiger partial charge in [0, 0.05) is 20.0 Å². The van der Waals surface area contributed by atoms with Crippen molar-refractivity contribution in [2.45, 2.75) is 56.4 Å². The van der Waals surface area contributed by atoms with E-state index in [2.05, 4.69) is 9.97 Å². The molecule has 13 heteroatoms. The molecule has 0 bridgehead atoms. The lowest BCUT2D eigenvalue weighted by Crippen LogP contribution is -2.63. The van der Waals surface area contributed by atoms with E-state index in [0.29, 0.717) is 34.0 Å². The summed E-state index contributed by atoms with van der Waals surface area (Å²) >= 11 is 0. The maximum Gasteiger partial charge on any atom is 0.338 e. The quantitative estimate of drug-likeness (QED) is 0.134. The fourth-order valence-corrected chi connectivity index (χ4v) is 6.33. The summed E-state index contributed by atoms with van der Waals surface area (Å²) in [6, 6.07) is 22.7. The van der Waals surface area contributed by atoms with Gasteiger partial charge in [0.2, 0.25) is 0 Å². The van der Waals surface area contributed by atoms with Crippen molar-refractivity contribution in [3.63, 3.8) is 0 Å². The first-order valence-corrected chi connectivity index (χ1v) is 16.7. The van der Waals surface area contributed by atoms with Gasteiger partial charge in [0.1, 0.15) is 17.1 Å². The number of fused-ring (bicyclic) bond motifs is 3. The zero-order chi connectivity index (χ0) is 35.3. The minimum atomic E-state index is -1.44. The van der Waals surface area contributed by atoms with Crippen molar-refractivity contribution >= 4 is 40.1 Å². The molecule has 5 aromatic rings. The number of nitrogens with zero attached hydrogens (tertiary/aromatic N) is 2. The van der Waals surface area contributed by atoms with Gasteiger partial charge in [-0.2, -0.15) is 0 Å². The van der Waals surface area contributed by atoms with Crippen LogP contribution in [0.25, 0.3) is 22.2 Å². The molecule has 51 heavy (non-hydrogen) atoms. The highest BCUT2D eigenvalue weighted by Crippen LogP contribution is 2.33. The Morgan fingerprint density at radius 2 is 1.29 bits per heavy atom. The molecule has 13 nitrogen and oxygen atoms in total. The van der Waals surface area contributed by atoms with E-state index in [0.717, 1.165) is 0 Å². The number of carbonyl (C=O) groups excluding carboxylic acids is 3. The van der Waals surface area contributed by atoms with E-state index in [-0.39, 0.29) is 31.2 Å². The smallest absolute Gasteiger partial charge is 0.338 e. The molecule has 2 aromatic heterocycles. The van der Waals surface area contributed by atoms with Crippen LogP contribution in [0.1, 0.15) is 35.0 Å². The maximum absolute atomic E-state index is 14.1. The van der Waals surface area contributed by atoms with Crippen LogP contribution in [0, 0.1) is 11.8 Å². The van der Waals surface area contributed by atoms with Crippen molar-refractivity contribution < 1.29 is 52.0 Å². The standard InChI is InChI=1S/C38H36N2O11/c1-45-38-34-33(32(29(21-41)48-38)49-35(42)22-11-3-2-4-12-22)50-36(43)23(19-30-39-25-15-7-9-17-27(25)46-30)13-5-6-14-24(37(44)51-34)20-31-40-26-16-8-10-18-28(26)47-31/h2-12,15-18,23-24,29,32-34,38,41H,13-14,19-21H2,1H3/t23-,24-,29+,32+,33-,34+,38-/m0/s1. The highest BCUT2D eigenvalue weighted by molar-refractivity contribution is 5.89. The van der Waals surface area contributed by atoms with E-state index in [1.807, 2.05) is 36.4 Å². The van der Waals surface area contributed by atoms with Gasteiger partial charge in [0.15, 0.2) is 47.5 Å². The molecular formula is C38H36N2O11. The number of carbonyl (C=O) groups is 3. The zero-order valence-electron chi connectivity index (χ0n) is 27.7. The number of aliphatic hydroxyl groups is 1. The molecule has 0 saturated carbocycles. The zero-order valence-corrected chi connectivity index (χ0v) is 27.7. The largest absolute Gasteiger partial charge is 0.454 e. The first-order valence-electron chi connectivity index (χ1n) is 16.7. The monoisotopic (exact) mass is 696 g/mol. The molecule has 0 radical (unpaired) electrons. The second-order valence-electron chi connectivity index (χ2n) is 12.4. The summed E-state index contributed by atoms with van der Waals surface area (Å²) in [5.41, 5.74) is 2.66. The molecule has 264 valence electrons. The van der Waals surface area contributed by atoms with E-state index < -0.39 is 67.1 Å². The van der Waals surface area contributed by atoms with Crippen molar-refractivity contribution in [3.05, 3.63) is 108 Å². The average Bonchev–Trinajstić information content (AvgIpc) is 3.76. The third-order valence-corrected chi connectivity index (χ3v) is 8.95. The molecule has 3 aromatic carbocycles. The average molecular weight is 697 g/mol. The van der Waals surface area contributed by atoms with Crippen molar-refractivity contribution in [3.8, 4) is 0 Å². The van der Waals surface area contributed by atoms with Gasteiger partial charge in [-0.3, -0.25) is 9.59 Å². The van der Waals surface area contributed by atoms with Crippen molar-refractivity contribution in [1.29, 1.82) is 0 Å². The van der Waals surface area contributed by atoms with Crippen LogP contribution in [0.5, 0.6) is 0 Å². The van der Waals surface area contributed by atoms with Gasteiger partial charge in [0.05, 0.1) is 24.0 Å². The van der Waals surface area contributed by atoms with Crippen LogP contribution < -0.4 is 0 Å². The van der Waals surface area contributed by atoms with Crippen LogP contribution in [0.3, 0.4) is 0 Å². The molecule has 2 aliphatic rings. The molecule has 1 fully saturated rings. The van der Waals surface area contributed by atoms with Gasteiger partial charge in [-0.15, -0.1) is 0 Å². The maximum atomic E-state index is 14.1. The molecule has 7 rings (SSSR count). The summed E-state index contributed by atoms with van der Waals surface area (Å²) in [5, 5.41) is 10.4. The van der Waals surface area contributed by atoms with E-state index in [9.17, 15) is 19.5 Å². The highest BCUT2D eigenvalue weighted by Gasteiger charge is 2.53. The SMILES string of the molecule is CO[C@H]1O[C@H](CO)[C@@H](OC(=O)c2ccccc2)[C@@H]2OC(=O)[C@H](Cc3nc4ccccc4o3)CC=CC[C@@H](Cc3nc4ccccc4o3)C(=O)O[C@@H]12. The number of allylic oxidation sites excluding steroid dienone is 2. The summed E-state index contributed by atoms with van der Waals surface area (Å²) in [5.74, 6) is -3.03. The number of rotatable bonds is 8. The van der Waals surface area contributed by atoms with Crippen LogP contribution in [-0.4, -0.2) is 77.4 Å². The van der Waals surface area contributed by atoms with Crippen LogP contribution in [0.4, 0.5) is 0 Å². The predicted molar refractivity (Wildman–Crippen MR) is 179 cm³/mol. The van der Waals surface area contributed by atoms with E-state index in [4.69, 9.17) is 32.5 Å². The predicted octanol–water partition coefficient (Wildman–Crippen LogP) is 4.75. The fourth-order valence-electron chi connectivity index (χ4n) is 6.33. The fraction of sp³-hybridized carbons (Fsp3) is 0.342. The number of benzene rings is 3. The van der Waals surface area contributed by atoms with Crippen LogP contribution >= 0.6 is 0 Å². The summed E-state index contributed by atoms with van der Waals surface area (Å²) in [4.78, 5) is 50.5. The molecule has 2 aliphatic heterocycles.